The van der Waals surface area contributed by atoms with Crippen LogP contribution in [0.3, 0.4) is 0 Å². The Balaban J connectivity index is 1.81. The van der Waals surface area contributed by atoms with E-state index in [2.05, 4.69) is 20.6 Å². The van der Waals surface area contributed by atoms with Crippen LogP contribution in [-0.2, 0) is 0 Å². The number of hydrogen-bond acceptors (Lipinski definition) is 4. The summed E-state index contributed by atoms with van der Waals surface area (Å²) in [5, 5.41) is 6.64. The van der Waals surface area contributed by atoms with E-state index in [4.69, 9.17) is 23.2 Å². The molecule has 0 spiro atoms. The average Bonchev–Trinajstić information content (AvgIpc) is 2.49. The molecule has 1 aromatic heterocycles. The molecule has 3 aromatic rings. The number of aromatic nitrogens is 2. The Bertz CT molecular complexity index is 869. The third-order valence-corrected chi connectivity index (χ3v) is 3.40. The van der Waals surface area contributed by atoms with Crippen LogP contribution in [0.4, 0.5) is 31.9 Å². The molecule has 0 fully saturated rings. The van der Waals surface area contributed by atoms with Gasteiger partial charge in [0.05, 0.1) is 5.69 Å². The first-order valence-electron chi connectivity index (χ1n) is 6.78. The van der Waals surface area contributed by atoms with Crippen molar-refractivity contribution in [3.63, 3.8) is 0 Å². The van der Waals surface area contributed by atoms with E-state index in [9.17, 15) is 8.78 Å². The van der Waals surface area contributed by atoms with Gasteiger partial charge in [-0.2, -0.15) is 4.98 Å². The van der Waals surface area contributed by atoms with Crippen molar-refractivity contribution in [3.8, 4) is 0 Å². The second-order valence-electron chi connectivity index (χ2n) is 4.80. The van der Waals surface area contributed by atoms with Crippen LogP contribution in [0.2, 0.25) is 10.0 Å². The summed E-state index contributed by atoms with van der Waals surface area (Å²) in [6, 6.07) is 9.71. The van der Waals surface area contributed by atoms with Gasteiger partial charge in [-0.25, -0.2) is 13.8 Å². The SMILES string of the molecule is Fc1ccc(Nc2ccnc(Nc3cc(Cl)cc(Cl)c3)n2)c(F)c1. The number of halogens is 4. The summed E-state index contributed by atoms with van der Waals surface area (Å²) in [5.41, 5.74) is 0.712. The first-order valence-corrected chi connectivity index (χ1v) is 7.53. The van der Waals surface area contributed by atoms with Gasteiger partial charge in [-0.3, -0.25) is 0 Å². The number of nitrogens with zero attached hydrogens (tertiary/aromatic N) is 2. The fourth-order valence-corrected chi connectivity index (χ4v) is 2.50. The van der Waals surface area contributed by atoms with Gasteiger partial charge in [0.25, 0.3) is 0 Å². The zero-order valence-electron chi connectivity index (χ0n) is 12.0. The number of benzene rings is 2. The maximum atomic E-state index is 13.7. The number of rotatable bonds is 4. The Kier molecular flexibility index (Phi) is 4.78. The summed E-state index contributed by atoms with van der Waals surface area (Å²) in [4.78, 5) is 8.28. The molecule has 0 aliphatic heterocycles. The minimum Gasteiger partial charge on any atom is -0.338 e. The maximum Gasteiger partial charge on any atom is 0.229 e. The minimum atomic E-state index is -0.718. The summed E-state index contributed by atoms with van der Waals surface area (Å²) in [6.07, 6.45) is 1.49. The molecule has 0 atom stereocenters. The van der Waals surface area contributed by atoms with Crippen molar-refractivity contribution in [2.75, 3.05) is 10.6 Å². The predicted molar refractivity (Wildman–Crippen MR) is 91.4 cm³/mol. The molecule has 0 aliphatic carbocycles. The molecule has 2 N–H and O–H groups in total. The van der Waals surface area contributed by atoms with E-state index in [0.717, 1.165) is 12.1 Å². The standard InChI is InChI=1S/C16H10Cl2F2N4/c17-9-5-10(18)7-12(6-9)22-16-21-4-3-15(24-16)23-14-2-1-11(19)8-13(14)20/h1-8H,(H2,21,22,23,24). The van der Waals surface area contributed by atoms with Crippen molar-refractivity contribution in [2.24, 2.45) is 0 Å². The van der Waals surface area contributed by atoms with Crippen LogP contribution in [0.1, 0.15) is 0 Å². The van der Waals surface area contributed by atoms with E-state index in [1.54, 1.807) is 24.3 Å². The topological polar surface area (TPSA) is 49.8 Å². The lowest BCUT2D eigenvalue weighted by atomic mass is 10.3. The van der Waals surface area contributed by atoms with E-state index in [1.807, 2.05) is 0 Å². The zero-order chi connectivity index (χ0) is 17.1. The second-order valence-corrected chi connectivity index (χ2v) is 5.67. The summed E-state index contributed by atoms with van der Waals surface area (Å²) < 4.78 is 26.6. The quantitative estimate of drug-likeness (QED) is 0.635. The van der Waals surface area contributed by atoms with Gasteiger partial charge < -0.3 is 10.6 Å². The molecule has 2 aromatic carbocycles. The number of anilines is 4. The van der Waals surface area contributed by atoms with Crippen LogP contribution in [0, 0.1) is 11.6 Å². The van der Waals surface area contributed by atoms with Crippen LogP contribution >= 0.6 is 23.2 Å². The lowest BCUT2D eigenvalue weighted by Crippen LogP contribution is -2.01. The minimum absolute atomic E-state index is 0.104. The van der Waals surface area contributed by atoms with Gasteiger partial charge >= 0.3 is 0 Å². The Morgan fingerprint density at radius 2 is 1.62 bits per heavy atom. The molecule has 0 radical (unpaired) electrons. The van der Waals surface area contributed by atoms with Gasteiger partial charge in [0, 0.05) is 28.0 Å². The smallest absolute Gasteiger partial charge is 0.229 e. The van der Waals surface area contributed by atoms with Crippen LogP contribution in [0.15, 0.2) is 48.7 Å². The summed E-state index contributed by atoms with van der Waals surface area (Å²) in [6.45, 7) is 0. The third kappa shape index (κ3) is 4.10. The number of hydrogen-bond donors (Lipinski definition) is 2. The van der Waals surface area contributed by atoms with Crippen molar-refractivity contribution in [1.82, 2.24) is 9.97 Å². The van der Waals surface area contributed by atoms with Gasteiger partial charge in [-0.1, -0.05) is 23.2 Å². The van der Waals surface area contributed by atoms with Crippen LogP contribution in [0.25, 0.3) is 0 Å². The molecule has 1 heterocycles. The van der Waals surface area contributed by atoms with Gasteiger partial charge in [-0.05, 0) is 36.4 Å². The van der Waals surface area contributed by atoms with E-state index >= 15 is 0 Å². The normalized spacial score (nSPS) is 10.5. The van der Waals surface area contributed by atoms with E-state index in [0.29, 0.717) is 21.6 Å². The molecular weight excluding hydrogens is 357 g/mol. The Hall–Kier alpha value is -2.44. The fourth-order valence-electron chi connectivity index (χ4n) is 1.97. The fraction of sp³-hybridized carbons (Fsp3) is 0. The van der Waals surface area contributed by atoms with Gasteiger partial charge in [0.15, 0.2) is 0 Å². The van der Waals surface area contributed by atoms with E-state index in [-0.39, 0.29) is 11.6 Å². The lowest BCUT2D eigenvalue weighted by molar-refractivity contribution is 0.586. The monoisotopic (exact) mass is 366 g/mol. The van der Waals surface area contributed by atoms with Crippen molar-refractivity contribution >= 4 is 46.3 Å². The Morgan fingerprint density at radius 1 is 0.875 bits per heavy atom. The summed E-state index contributed by atoms with van der Waals surface area (Å²) in [5.74, 6) is -0.766. The molecule has 0 saturated carbocycles. The first-order chi connectivity index (χ1) is 11.5. The molecule has 3 rings (SSSR count). The zero-order valence-corrected chi connectivity index (χ0v) is 13.5. The number of nitrogens with one attached hydrogen (secondary N) is 2. The van der Waals surface area contributed by atoms with Crippen LogP contribution in [-0.4, -0.2) is 9.97 Å². The molecule has 4 nitrogen and oxygen atoms in total. The molecule has 0 unspecified atom stereocenters. The molecule has 122 valence electrons. The highest BCUT2D eigenvalue weighted by Gasteiger charge is 2.06. The highest BCUT2D eigenvalue weighted by molar-refractivity contribution is 6.35. The average molecular weight is 367 g/mol. The van der Waals surface area contributed by atoms with Crippen LogP contribution < -0.4 is 10.6 Å². The first kappa shape index (κ1) is 16.4. The van der Waals surface area contributed by atoms with E-state index < -0.39 is 11.6 Å². The molecule has 24 heavy (non-hydrogen) atoms. The van der Waals surface area contributed by atoms with E-state index in [1.165, 1.54) is 12.3 Å². The Labute approximate surface area is 146 Å². The third-order valence-electron chi connectivity index (χ3n) is 2.97. The highest BCUT2D eigenvalue weighted by atomic mass is 35.5. The largest absolute Gasteiger partial charge is 0.338 e. The van der Waals surface area contributed by atoms with Crippen LogP contribution in [0.5, 0.6) is 0 Å². The molecule has 0 amide bonds. The summed E-state index contributed by atoms with van der Waals surface area (Å²) >= 11 is 11.9. The molecule has 0 saturated heterocycles. The maximum absolute atomic E-state index is 13.7. The molecular formula is C16H10Cl2F2N4. The lowest BCUT2D eigenvalue weighted by Gasteiger charge is -2.09. The predicted octanol–water partition coefficient (Wildman–Crippen LogP) is 5.55. The van der Waals surface area contributed by atoms with Crippen molar-refractivity contribution in [2.45, 2.75) is 0 Å². The molecule has 8 heteroatoms. The summed E-state index contributed by atoms with van der Waals surface area (Å²) in [7, 11) is 0. The van der Waals surface area contributed by atoms with Gasteiger partial charge in [0.2, 0.25) is 5.95 Å². The van der Waals surface area contributed by atoms with Gasteiger partial charge in [0.1, 0.15) is 17.5 Å². The van der Waals surface area contributed by atoms with Gasteiger partial charge in [-0.15, -0.1) is 0 Å². The second kappa shape index (κ2) is 6.98. The van der Waals surface area contributed by atoms with Crippen molar-refractivity contribution in [3.05, 3.63) is 70.3 Å². The van der Waals surface area contributed by atoms with Crippen molar-refractivity contribution in [1.29, 1.82) is 0 Å². The molecule has 0 bridgehead atoms. The van der Waals surface area contributed by atoms with Crippen molar-refractivity contribution < 1.29 is 8.78 Å². The molecule has 0 aliphatic rings. The highest BCUT2D eigenvalue weighted by Crippen LogP contribution is 2.25. The Morgan fingerprint density at radius 3 is 2.33 bits per heavy atom.